The second kappa shape index (κ2) is 4.39. The van der Waals surface area contributed by atoms with Crippen molar-refractivity contribution in [1.29, 1.82) is 0 Å². The number of rotatable bonds is 1. The van der Waals surface area contributed by atoms with Crippen molar-refractivity contribution < 1.29 is 0 Å². The van der Waals surface area contributed by atoms with Crippen molar-refractivity contribution >= 4 is 22.8 Å². The standard InChI is InChI=1S/C13H18N8/c1-8-5-20(9(2)4-14-8)11-10-12(19(3)6-15-10)21-7-16-18-13(21)17-11/h6-9,14H,4-5H2,1-3H3/t8-,9+/m1/s1. The zero-order chi connectivity index (χ0) is 14.6. The van der Waals surface area contributed by atoms with Crippen LogP contribution >= 0.6 is 0 Å². The molecule has 4 rings (SSSR count). The summed E-state index contributed by atoms with van der Waals surface area (Å²) < 4.78 is 3.86. The van der Waals surface area contributed by atoms with E-state index >= 15 is 0 Å². The number of fused-ring (bicyclic) bond motifs is 3. The Morgan fingerprint density at radius 2 is 2.14 bits per heavy atom. The highest BCUT2D eigenvalue weighted by Crippen LogP contribution is 2.26. The maximum absolute atomic E-state index is 4.70. The van der Waals surface area contributed by atoms with E-state index < -0.39 is 0 Å². The molecule has 0 aliphatic carbocycles. The Hall–Kier alpha value is -2.22. The molecule has 8 heteroatoms. The number of aromatic nitrogens is 6. The highest BCUT2D eigenvalue weighted by molar-refractivity contribution is 5.86. The van der Waals surface area contributed by atoms with Crippen LogP contribution in [0.15, 0.2) is 12.7 Å². The van der Waals surface area contributed by atoms with Gasteiger partial charge in [-0.3, -0.25) is 0 Å². The van der Waals surface area contributed by atoms with Gasteiger partial charge in [-0.25, -0.2) is 9.38 Å². The molecule has 1 aliphatic rings. The van der Waals surface area contributed by atoms with Crippen LogP contribution in [0.1, 0.15) is 13.8 Å². The summed E-state index contributed by atoms with van der Waals surface area (Å²) in [4.78, 5) is 11.6. The SMILES string of the molecule is C[C@@H]1CN(c2nc3nncn3c3c2ncn3C)[C@@H](C)CN1. The quantitative estimate of drug-likeness (QED) is 0.688. The van der Waals surface area contributed by atoms with Crippen LogP contribution in [0.5, 0.6) is 0 Å². The predicted octanol–water partition coefficient (Wildman–Crippen LogP) is 0.198. The molecular weight excluding hydrogens is 268 g/mol. The number of hydrogen-bond acceptors (Lipinski definition) is 6. The molecular formula is C13H18N8. The third-order valence-corrected chi connectivity index (χ3v) is 4.12. The van der Waals surface area contributed by atoms with Gasteiger partial charge in [0.2, 0.25) is 0 Å². The molecule has 2 atom stereocenters. The molecule has 1 saturated heterocycles. The molecule has 110 valence electrons. The fourth-order valence-electron chi connectivity index (χ4n) is 2.98. The molecule has 0 aromatic carbocycles. The fourth-order valence-corrected chi connectivity index (χ4v) is 2.98. The lowest BCUT2D eigenvalue weighted by molar-refractivity contribution is 0.423. The van der Waals surface area contributed by atoms with Crippen LogP contribution in [0.4, 0.5) is 5.82 Å². The van der Waals surface area contributed by atoms with Crippen molar-refractivity contribution in [2.75, 3.05) is 18.0 Å². The summed E-state index contributed by atoms with van der Waals surface area (Å²) in [6.07, 6.45) is 3.49. The molecule has 1 N–H and O–H groups in total. The van der Waals surface area contributed by atoms with E-state index in [1.54, 1.807) is 6.33 Å². The Bertz CT molecular complexity index is 803. The number of hydrogen-bond donors (Lipinski definition) is 1. The van der Waals surface area contributed by atoms with Crippen molar-refractivity contribution in [1.82, 2.24) is 34.4 Å². The Morgan fingerprint density at radius 1 is 1.29 bits per heavy atom. The average molecular weight is 286 g/mol. The smallest absolute Gasteiger partial charge is 0.258 e. The molecule has 21 heavy (non-hydrogen) atoms. The van der Waals surface area contributed by atoms with Crippen molar-refractivity contribution in [3.63, 3.8) is 0 Å². The third kappa shape index (κ3) is 1.79. The van der Waals surface area contributed by atoms with Gasteiger partial charge in [0.15, 0.2) is 11.5 Å². The summed E-state index contributed by atoms with van der Waals surface area (Å²) in [5.41, 5.74) is 1.86. The zero-order valence-electron chi connectivity index (χ0n) is 12.4. The molecule has 0 unspecified atom stereocenters. The van der Waals surface area contributed by atoms with Gasteiger partial charge in [0.05, 0.1) is 6.33 Å². The van der Waals surface area contributed by atoms with Gasteiger partial charge in [-0.2, -0.15) is 4.98 Å². The van der Waals surface area contributed by atoms with Gasteiger partial charge in [-0.05, 0) is 13.8 Å². The maximum atomic E-state index is 4.70. The Labute approximate surface area is 121 Å². The number of aryl methyl sites for hydroxylation is 1. The van der Waals surface area contributed by atoms with E-state index in [9.17, 15) is 0 Å². The maximum Gasteiger partial charge on any atom is 0.258 e. The monoisotopic (exact) mass is 286 g/mol. The molecule has 0 radical (unpaired) electrons. The Kier molecular flexibility index (Phi) is 2.61. The van der Waals surface area contributed by atoms with E-state index in [0.29, 0.717) is 17.9 Å². The van der Waals surface area contributed by atoms with Crippen LogP contribution in [0.3, 0.4) is 0 Å². The highest BCUT2D eigenvalue weighted by Gasteiger charge is 2.27. The van der Waals surface area contributed by atoms with Crippen LogP contribution in [-0.4, -0.2) is 54.3 Å². The van der Waals surface area contributed by atoms with Gasteiger partial charge in [0.25, 0.3) is 5.78 Å². The van der Waals surface area contributed by atoms with Crippen LogP contribution < -0.4 is 10.2 Å². The number of nitrogens with zero attached hydrogens (tertiary/aromatic N) is 7. The Balaban J connectivity index is 1.97. The second-order valence-corrected chi connectivity index (χ2v) is 5.77. The lowest BCUT2D eigenvalue weighted by Crippen LogP contribution is -2.54. The molecule has 0 saturated carbocycles. The minimum atomic E-state index is 0.365. The predicted molar refractivity (Wildman–Crippen MR) is 79.3 cm³/mol. The average Bonchev–Trinajstić information content (AvgIpc) is 3.07. The van der Waals surface area contributed by atoms with Gasteiger partial charge >= 0.3 is 0 Å². The lowest BCUT2D eigenvalue weighted by Gasteiger charge is -2.38. The summed E-state index contributed by atoms with van der Waals surface area (Å²) in [5.74, 6) is 1.51. The van der Waals surface area contributed by atoms with Crippen LogP contribution in [-0.2, 0) is 7.05 Å². The minimum absolute atomic E-state index is 0.365. The number of nitrogens with one attached hydrogen (secondary N) is 1. The zero-order valence-corrected chi connectivity index (χ0v) is 12.4. The van der Waals surface area contributed by atoms with Gasteiger partial charge in [0, 0.05) is 32.2 Å². The van der Waals surface area contributed by atoms with Crippen LogP contribution in [0, 0.1) is 0 Å². The number of imidazole rings is 1. The lowest BCUT2D eigenvalue weighted by atomic mass is 10.1. The molecule has 3 aromatic rings. The molecule has 1 fully saturated rings. The van der Waals surface area contributed by atoms with Crippen LogP contribution in [0.25, 0.3) is 16.9 Å². The van der Waals surface area contributed by atoms with E-state index in [4.69, 9.17) is 4.98 Å². The Morgan fingerprint density at radius 3 is 3.00 bits per heavy atom. The number of piperazine rings is 1. The summed E-state index contributed by atoms with van der Waals surface area (Å²) >= 11 is 0. The van der Waals surface area contributed by atoms with E-state index in [0.717, 1.165) is 30.1 Å². The molecule has 0 spiro atoms. The van der Waals surface area contributed by atoms with E-state index in [1.165, 1.54) is 0 Å². The summed E-state index contributed by atoms with van der Waals surface area (Å²) in [6.45, 7) is 6.23. The van der Waals surface area contributed by atoms with Gasteiger partial charge in [-0.1, -0.05) is 0 Å². The first-order valence-corrected chi connectivity index (χ1v) is 7.16. The van der Waals surface area contributed by atoms with Crippen molar-refractivity contribution in [2.45, 2.75) is 25.9 Å². The second-order valence-electron chi connectivity index (χ2n) is 5.77. The summed E-state index contributed by atoms with van der Waals surface area (Å²) in [7, 11) is 1.97. The van der Waals surface area contributed by atoms with Crippen molar-refractivity contribution in [3.8, 4) is 0 Å². The highest BCUT2D eigenvalue weighted by atomic mass is 15.3. The molecule has 0 amide bonds. The van der Waals surface area contributed by atoms with E-state index in [1.807, 2.05) is 22.3 Å². The molecule has 1 aliphatic heterocycles. The van der Waals surface area contributed by atoms with Gasteiger partial charge in [0.1, 0.15) is 11.8 Å². The molecule has 8 nitrogen and oxygen atoms in total. The molecule has 0 bridgehead atoms. The first-order valence-electron chi connectivity index (χ1n) is 7.16. The fraction of sp³-hybridized carbons (Fsp3) is 0.538. The van der Waals surface area contributed by atoms with Crippen LogP contribution in [0.2, 0.25) is 0 Å². The minimum Gasteiger partial charge on any atom is -0.349 e. The topological polar surface area (TPSA) is 76.2 Å². The van der Waals surface area contributed by atoms with Crippen molar-refractivity contribution in [2.24, 2.45) is 7.05 Å². The number of anilines is 1. The summed E-state index contributed by atoms with van der Waals surface area (Å²) in [6, 6.07) is 0.792. The van der Waals surface area contributed by atoms with E-state index in [-0.39, 0.29) is 0 Å². The molecule has 4 heterocycles. The first kappa shape index (κ1) is 12.5. The van der Waals surface area contributed by atoms with Gasteiger partial charge < -0.3 is 14.8 Å². The van der Waals surface area contributed by atoms with Gasteiger partial charge in [-0.15, -0.1) is 10.2 Å². The summed E-state index contributed by atoms with van der Waals surface area (Å²) in [5, 5.41) is 11.6. The third-order valence-electron chi connectivity index (χ3n) is 4.12. The normalized spacial score (nSPS) is 23.3. The van der Waals surface area contributed by atoms with E-state index in [2.05, 4.69) is 39.2 Å². The van der Waals surface area contributed by atoms with Crippen molar-refractivity contribution in [3.05, 3.63) is 12.7 Å². The first-order chi connectivity index (χ1) is 10.1. The molecule has 3 aromatic heterocycles. The largest absolute Gasteiger partial charge is 0.349 e.